The molecule has 2 heterocycles. The molecule has 0 aliphatic carbocycles. The highest BCUT2D eigenvalue weighted by molar-refractivity contribution is 9.10. The molecule has 31 heavy (non-hydrogen) atoms. The standard InChI is InChI=1S/C23H18BrF2N3O2/c24-18-6-1-2-7-20(18)28-13-15(11-22(28)30)23(31)29(14-17-5-3-4-10-27-17)21-9-8-16(25)12-19(21)26/h1-10,12,15H,11,13-14H2. The highest BCUT2D eigenvalue weighted by Crippen LogP contribution is 2.33. The van der Waals surface area contributed by atoms with Gasteiger partial charge in [0, 0.05) is 29.7 Å². The number of hydrogen-bond acceptors (Lipinski definition) is 3. The van der Waals surface area contributed by atoms with Crippen LogP contribution < -0.4 is 9.80 Å². The van der Waals surface area contributed by atoms with Gasteiger partial charge in [-0.05, 0) is 52.3 Å². The van der Waals surface area contributed by atoms with E-state index < -0.39 is 23.5 Å². The highest BCUT2D eigenvalue weighted by atomic mass is 79.9. The molecule has 8 heteroatoms. The third-order valence-electron chi connectivity index (χ3n) is 5.13. The van der Waals surface area contributed by atoms with Crippen LogP contribution in [0.25, 0.3) is 0 Å². The topological polar surface area (TPSA) is 53.5 Å². The van der Waals surface area contributed by atoms with Gasteiger partial charge >= 0.3 is 0 Å². The van der Waals surface area contributed by atoms with Crippen molar-refractivity contribution in [1.29, 1.82) is 0 Å². The average Bonchev–Trinajstić information content (AvgIpc) is 3.14. The Morgan fingerprint density at radius 2 is 1.90 bits per heavy atom. The molecule has 0 bridgehead atoms. The summed E-state index contributed by atoms with van der Waals surface area (Å²) in [6, 6.07) is 15.5. The zero-order valence-corrected chi connectivity index (χ0v) is 17.9. The number of rotatable bonds is 5. The summed E-state index contributed by atoms with van der Waals surface area (Å²) in [6.45, 7) is 0.170. The summed E-state index contributed by atoms with van der Waals surface area (Å²) < 4.78 is 28.8. The molecule has 3 aromatic rings. The van der Waals surface area contributed by atoms with Crippen LogP contribution in [0.4, 0.5) is 20.2 Å². The number of hydrogen-bond donors (Lipinski definition) is 0. The molecule has 158 valence electrons. The maximum atomic E-state index is 14.6. The Morgan fingerprint density at radius 3 is 2.61 bits per heavy atom. The first-order chi connectivity index (χ1) is 14.9. The van der Waals surface area contributed by atoms with Crippen molar-refractivity contribution in [3.63, 3.8) is 0 Å². The van der Waals surface area contributed by atoms with Gasteiger partial charge in [0.25, 0.3) is 0 Å². The van der Waals surface area contributed by atoms with E-state index >= 15 is 0 Å². The van der Waals surface area contributed by atoms with E-state index in [0.29, 0.717) is 11.4 Å². The number of para-hydroxylation sites is 1. The molecular weight excluding hydrogens is 468 g/mol. The van der Waals surface area contributed by atoms with Crippen LogP contribution in [-0.2, 0) is 16.1 Å². The van der Waals surface area contributed by atoms with E-state index in [4.69, 9.17) is 0 Å². The number of carbonyl (C=O) groups excluding carboxylic acids is 2. The highest BCUT2D eigenvalue weighted by Gasteiger charge is 2.38. The summed E-state index contributed by atoms with van der Waals surface area (Å²) in [5.41, 5.74) is 1.17. The van der Waals surface area contributed by atoms with Gasteiger partial charge < -0.3 is 9.80 Å². The van der Waals surface area contributed by atoms with E-state index in [-0.39, 0.29) is 31.1 Å². The van der Waals surface area contributed by atoms with Crippen molar-refractivity contribution in [3.8, 4) is 0 Å². The van der Waals surface area contributed by atoms with E-state index in [1.54, 1.807) is 35.4 Å². The maximum Gasteiger partial charge on any atom is 0.232 e. The normalized spacial score (nSPS) is 15.9. The summed E-state index contributed by atoms with van der Waals surface area (Å²) in [6.07, 6.45) is 1.58. The lowest BCUT2D eigenvalue weighted by atomic mass is 10.1. The lowest BCUT2D eigenvalue weighted by Crippen LogP contribution is -2.38. The lowest BCUT2D eigenvalue weighted by Gasteiger charge is -2.26. The molecule has 1 aromatic heterocycles. The van der Waals surface area contributed by atoms with E-state index in [9.17, 15) is 18.4 Å². The van der Waals surface area contributed by atoms with Crippen molar-refractivity contribution in [2.24, 2.45) is 5.92 Å². The molecule has 1 aliphatic rings. The zero-order chi connectivity index (χ0) is 22.0. The maximum absolute atomic E-state index is 14.6. The minimum Gasteiger partial charge on any atom is -0.310 e. The van der Waals surface area contributed by atoms with E-state index in [2.05, 4.69) is 20.9 Å². The molecule has 1 atom stereocenters. The second kappa shape index (κ2) is 8.93. The number of amides is 2. The van der Waals surface area contributed by atoms with Gasteiger partial charge in [0.15, 0.2) is 0 Å². The lowest BCUT2D eigenvalue weighted by molar-refractivity contribution is -0.124. The van der Waals surface area contributed by atoms with Crippen molar-refractivity contribution in [1.82, 2.24) is 4.98 Å². The van der Waals surface area contributed by atoms with Crippen molar-refractivity contribution in [2.45, 2.75) is 13.0 Å². The molecule has 2 amide bonds. The smallest absolute Gasteiger partial charge is 0.232 e. The summed E-state index contributed by atoms with van der Waals surface area (Å²) in [7, 11) is 0. The Morgan fingerprint density at radius 1 is 1.13 bits per heavy atom. The summed E-state index contributed by atoms with van der Waals surface area (Å²) in [4.78, 5) is 33.1. The van der Waals surface area contributed by atoms with Crippen molar-refractivity contribution < 1.29 is 18.4 Å². The molecule has 0 saturated carbocycles. The number of benzene rings is 2. The third kappa shape index (κ3) is 4.49. The van der Waals surface area contributed by atoms with Crippen LogP contribution in [0.5, 0.6) is 0 Å². The number of pyridine rings is 1. The van der Waals surface area contributed by atoms with Crippen LogP contribution in [-0.4, -0.2) is 23.3 Å². The summed E-state index contributed by atoms with van der Waals surface area (Å²) in [5.74, 6) is -2.87. The molecule has 2 aromatic carbocycles. The Bertz CT molecular complexity index is 1130. The summed E-state index contributed by atoms with van der Waals surface area (Å²) in [5, 5.41) is 0. The molecular formula is C23H18BrF2N3O2. The molecule has 0 spiro atoms. The molecule has 1 aliphatic heterocycles. The largest absolute Gasteiger partial charge is 0.310 e. The van der Waals surface area contributed by atoms with Crippen LogP contribution in [0.15, 0.2) is 71.3 Å². The monoisotopic (exact) mass is 485 g/mol. The predicted molar refractivity (Wildman–Crippen MR) is 116 cm³/mol. The Labute approximate surface area is 186 Å². The number of aromatic nitrogens is 1. The SMILES string of the molecule is O=C(C1CC(=O)N(c2ccccc2Br)C1)N(Cc1ccccn1)c1ccc(F)cc1F. The summed E-state index contributed by atoms with van der Waals surface area (Å²) >= 11 is 3.43. The van der Waals surface area contributed by atoms with Gasteiger partial charge in [-0.1, -0.05) is 18.2 Å². The first kappa shape index (κ1) is 21.1. The fourth-order valence-electron chi connectivity index (χ4n) is 3.63. The van der Waals surface area contributed by atoms with Gasteiger partial charge in [-0.3, -0.25) is 14.6 Å². The second-order valence-corrected chi connectivity index (χ2v) is 8.05. The fourth-order valence-corrected chi connectivity index (χ4v) is 4.13. The Hall–Kier alpha value is -3.13. The van der Waals surface area contributed by atoms with Crippen molar-refractivity contribution >= 4 is 39.1 Å². The van der Waals surface area contributed by atoms with Gasteiger partial charge in [0.1, 0.15) is 11.6 Å². The molecule has 0 N–H and O–H groups in total. The quantitative estimate of drug-likeness (QED) is 0.525. The van der Waals surface area contributed by atoms with E-state index in [0.717, 1.165) is 16.6 Å². The van der Waals surface area contributed by atoms with Crippen LogP contribution in [0.3, 0.4) is 0 Å². The third-order valence-corrected chi connectivity index (χ3v) is 5.80. The van der Waals surface area contributed by atoms with Gasteiger partial charge in [-0.25, -0.2) is 8.78 Å². The molecule has 1 fully saturated rings. The second-order valence-electron chi connectivity index (χ2n) is 7.20. The Balaban J connectivity index is 1.64. The van der Waals surface area contributed by atoms with Crippen LogP contribution in [0, 0.1) is 17.6 Å². The first-order valence-corrected chi connectivity index (χ1v) is 10.4. The molecule has 1 unspecified atom stereocenters. The van der Waals surface area contributed by atoms with Crippen molar-refractivity contribution in [3.05, 3.63) is 88.7 Å². The minimum atomic E-state index is -0.851. The minimum absolute atomic E-state index is 0.00169. The Kier molecular flexibility index (Phi) is 6.08. The van der Waals surface area contributed by atoms with Gasteiger partial charge in [-0.2, -0.15) is 0 Å². The fraction of sp³-hybridized carbons (Fsp3) is 0.174. The van der Waals surface area contributed by atoms with Crippen LogP contribution in [0.2, 0.25) is 0 Å². The van der Waals surface area contributed by atoms with Crippen LogP contribution >= 0.6 is 15.9 Å². The molecule has 5 nitrogen and oxygen atoms in total. The number of nitrogens with zero attached hydrogens (tertiary/aromatic N) is 3. The van der Waals surface area contributed by atoms with Crippen molar-refractivity contribution in [2.75, 3.05) is 16.3 Å². The van der Waals surface area contributed by atoms with E-state index in [1.807, 2.05) is 18.2 Å². The van der Waals surface area contributed by atoms with Gasteiger partial charge in [0.05, 0.1) is 29.5 Å². The first-order valence-electron chi connectivity index (χ1n) is 9.65. The van der Waals surface area contributed by atoms with E-state index in [1.165, 1.54) is 11.0 Å². The number of halogens is 3. The predicted octanol–water partition coefficient (Wildman–Crippen LogP) is 4.71. The van der Waals surface area contributed by atoms with Gasteiger partial charge in [-0.15, -0.1) is 0 Å². The number of anilines is 2. The molecule has 1 saturated heterocycles. The van der Waals surface area contributed by atoms with Gasteiger partial charge in [0.2, 0.25) is 11.8 Å². The molecule has 0 radical (unpaired) electrons. The molecule has 4 rings (SSSR count). The van der Waals surface area contributed by atoms with Crippen LogP contribution in [0.1, 0.15) is 12.1 Å². The average molecular weight is 486 g/mol. The zero-order valence-electron chi connectivity index (χ0n) is 16.3. The number of carbonyl (C=O) groups is 2.